The lowest BCUT2D eigenvalue weighted by Gasteiger charge is -2.20. The molecule has 1 heterocycles. The van der Waals surface area contributed by atoms with Gasteiger partial charge in [-0.25, -0.2) is 4.39 Å². The first-order valence-corrected chi connectivity index (χ1v) is 7.65. The third-order valence-corrected chi connectivity index (χ3v) is 4.42. The van der Waals surface area contributed by atoms with Crippen LogP contribution in [0, 0.1) is 5.82 Å². The number of rotatable bonds is 5. The molecule has 0 bridgehead atoms. The van der Waals surface area contributed by atoms with Gasteiger partial charge >= 0.3 is 0 Å². The molecule has 0 aliphatic rings. The van der Waals surface area contributed by atoms with Gasteiger partial charge in [-0.1, -0.05) is 30.1 Å². The molecular formula is C14H14Cl2FNOS. The molecule has 2 rings (SSSR count). The van der Waals surface area contributed by atoms with Gasteiger partial charge in [0.25, 0.3) is 0 Å². The number of hydrogen-bond donors (Lipinski definition) is 1. The van der Waals surface area contributed by atoms with Gasteiger partial charge in [-0.15, -0.1) is 11.3 Å². The molecule has 0 saturated heterocycles. The fourth-order valence-corrected chi connectivity index (χ4v) is 3.60. The van der Waals surface area contributed by atoms with Gasteiger partial charge in [0.05, 0.1) is 21.8 Å². The Morgan fingerprint density at radius 1 is 1.30 bits per heavy atom. The van der Waals surface area contributed by atoms with E-state index in [1.54, 1.807) is 19.2 Å². The summed E-state index contributed by atoms with van der Waals surface area (Å²) in [5, 5.41) is 3.29. The number of thiophene rings is 1. The summed E-state index contributed by atoms with van der Waals surface area (Å²) >= 11 is 13.5. The topological polar surface area (TPSA) is 21.3 Å². The average molecular weight is 334 g/mol. The van der Waals surface area contributed by atoms with E-state index in [0.717, 1.165) is 5.56 Å². The maximum atomic E-state index is 13.6. The number of hydrogen-bond acceptors (Lipinski definition) is 3. The fourth-order valence-electron chi connectivity index (χ4n) is 2.07. The van der Waals surface area contributed by atoms with Crippen LogP contribution in [0.2, 0.25) is 8.67 Å². The lowest BCUT2D eigenvalue weighted by molar-refractivity contribution is 0.403. The van der Waals surface area contributed by atoms with Crippen LogP contribution < -0.4 is 10.1 Å². The Hall–Kier alpha value is -0.810. The van der Waals surface area contributed by atoms with Crippen LogP contribution in [0.15, 0.2) is 24.3 Å². The SMILES string of the molecule is CCNC(c1cc(F)ccc1OC)c1cc(Cl)sc1Cl. The van der Waals surface area contributed by atoms with E-state index in [1.807, 2.05) is 6.92 Å². The van der Waals surface area contributed by atoms with E-state index in [4.69, 9.17) is 27.9 Å². The van der Waals surface area contributed by atoms with E-state index >= 15 is 0 Å². The predicted octanol–water partition coefficient (Wildman–Crippen LogP) is 4.90. The van der Waals surface area contributed by atoms with Crippen LogP contribution in [0.1, 0.15) is 24.1 Å². The van der Waals surface area contributed by atoms with Gasteiger partial charge in [0.1, 0.15) is 11.6 Å². The van der Waals surface area contributed by atoms with E-state index in [-0.39, 0.29) is 11.9 Å². The number of halogens is 3. The maximum absolute atomic E-state index is 13.6. The van der Waals surface area contributed by atoms with Crippen molar-refractivity contribution in [2.24, 2.45) is 0 Å². The lowest BCUT2D eigenvalue weighted by Crippen LogP contribution is -2.22. The molecule has 2 aromatic rings. The van der Waals surface area contributed by atoms with Crippen molar-refractivity contribution in [1.29, 1.82) is 0 Å². The van der Waals surface area contributed by atoms with Gasteiger partial charge in [0.15, 0.2) is 0 Å². The Morgan fingerprint density at radius 2 is 2.05 bits per heavy atom. The molecule has 1 aromatic carbocycles. The minimum absolute atomic E-state index is 0.262. The lowest BCUT2D eigenvalue weighted by atomic mass is 10.00. The molecule has 1 atom stereocenters. The molecule has 108 valence electrons. The first-order valence-electron chi connectivity index (χ1n) is 6.08. The molecule has 0 fully saturated rings. The molecule has 1 aromatic heterocycles. The number of ether oxygens (including phenoxy) is 1. The summed E-state index contributed by atoms with van der Waals surface area (Å²) in [5.41, 5.74) is 1.53. The van der Waals surface area contributed by atoms with Gasteiger partial charge in [-0.2, -0.15) is 0 Å². The highest BCUT2D eigenvalue weighted by atomic mass is 35.5. The van der Waals surface area contributed by atoms with Crippen LogP contribution in [-0.2, 0) is 0 Å². The van der Waals surface area contributed by atoms with Crippen molar-refractivity contribution in [3.8, 4) is 5.75 Å². The molecule has 1 N–H and O–H groups in total. The normalized spacial score (nSPS) is 12.4. The van der Waals surface area contributed by atoms with Crippen molar-refractivity contribution in [2.45, 2.75) is 13.0 Å². The average Bonchev–Trinajstić information content (AvgIpc) is 2.75. The van der Waals surface area contributed by atoms with Crippen LogP contribution in [0.25, 0.3) is 0 Å². The molecule has 0 aliphatic heterocycles. The minimum atomic E-state index is -0.318. The summed E-state index contributed by atoms with van der Waals surface area (Å²) in [4.78, 5) is 0. The Bertz CT molecular complexity index is 603. The highest BCUT2D eigenvalue weighted by molar-refractivity contribution is 7.20. The summed E-state index contributed by atoms with van der Waals surface area (Å²) < 4.78 is 20.1. The monoisotopic (exact) mass is 333 g/mol. The third kappa shape index (κ3) is 3.26. The van der Waals surface area contributed by atoms with Crippen molar-refractivity contribution in [2.75, 3.05) is 13.7 Å². The van der Waals surface area contributed by atoms with Gasteiger partial charge in [-0.3, -0.25) is 0 Å². The predicted molar refractivity (Wildman–Crippen MR) is 82.8 cm³/mol. The van der Waals surface area contributed by atoms with Crippen molar-refractivity contribution < 1.29 is 9.13 Å². The summed E-state index contributed by atoms with van der Waals surface area (Å²) in [7, 11) is 1.56. The van der Waals surface area contributed by atoms with E-state index in [1.165, 1.54) is 23.5 Å². The van der Waals surface area contributed by atoms with E-state index < -0.39 is 0 Å². The van der Waals surface area contributed by atoms with E-state index in [2.05, 4.69) is 5.32 Å². The zero-order valence-corrected chi connectivity index (χ0v) is 13.4. The largest absolute Gasteiger partial charge is 0.496 e. The maximum Gasteiger partial charge on any atom is 0.124 e. The molecular weight excluding hydrogens is 320 g/mol. The van der Waals surface area contributed by atoms with Gasteiger partial charge in [-0.05, 0) is 30.8 Å². The smallest absolute Gasteiger partial charge is 0.124 e. The Kier molecular flexibility index (Phi) is 5.27. The zero-order valence-electron chi connectivity index (χ0n) is 11.0. The van der Waals surface area contributed by atoms with Crippen molar-refractivity contribution in [1.82, 2.24) is 5.32 Å². The van der Waals surface area contributed by atoms with Gasteiger partial charge < -0.3 is 10.1 Å². The van der Waals surface area contributed by atoms with Crippen molar-refractivity contribution in [3.05, 3.63) is 49.9 Å². The van der Waals surface area contributed by atoms with Gasteiger partial charge in [0, 0.05) is 11.1 Å². The first kappa shape index (κ1) is 15.6. The summed E-state index contributed by atoms with van der Waals surface area (Å²) in [5.74, 6) is 0.289. The van der Waals surface area contributed by atoms with Crippen molar-refractivity contribution >= 4 is 34.5 Å². The number of benzene rings is 1. The van der Waals surface area contributed by atoms with E-state index in [9.17, 15) is 4.39 Å². The minimum Gasteiger partial charge on any atom is -0.496 e. The Morgan fingerprint density at radius 3 is 2.60 bits per heavy atom. The fraction of sp³-hybridized carbons (Fsp3) is 0.286. The second-order valence-corrected chi connectivity index (χ2v) is 6.44. The molecule has 0 radical (unpaired) electrons. The Balaban J connectivity index is 2.53. The molecule has 1 unspecified atom stereocenters. The van der Waals surface area contributed by atoms with Crippen LogP contribution in [0.3, 0.4) is 0 Å². The van der Waals surface area contributed by atoms with Crippen LogP contribution in [0.4, 0.5) is 4.39 Å². The van der Waals surface area contributed by atoms with E-state index in [0.29, 0.717) is 26.5 Å². The zero-order chi connectivity index (χ0) is 14.7. The highest BCUT2D eigenvalue weighted by Crippen LogP contribution is 2.39. The van der Waals surface area contributed by atoms with Crippen LogP contribution >= 0.6 is 34.5 Å². The van der Waals surface area contributed by atoms with Gasteiger partial charge in [0.2, 0.25) is 0 Å². The molecule has 20 heavy (non-hydrogen) atoms. The molecule has 0 aliphatic carbocycles. The standard InChI is InChI=1S/C14H14Cl2FNOS/c1-3-18-13(10-7-12(15)20-14(10)16)9-6-8(17)4-5-11(9)19-2/h4-7,13,18H,3H2,1-2H3. The molecule has 2 nitrogen and oxygen atoms in total. The number of nitrogens with one attached hydrogen (secondary N) is 1. The Labute approximate surface area is 131 Å². The van der Waals surface area contributed by atoms with Crippen LogP contribution in [0.5, 0.6) is 5.75 Å². The van der Waals surface area contributed by atoms with Crippen molar-refractivity contribution in [3.63, 3.8) is 0 Å². The summed E-state index contributed by atoms with van der Waals surface area (Å²) in [6.07, 6.45) is 0. The molecule has 6 heteroatoms. The summed E-state index contributed by atoms with van der Waals surface area (Å²) in [6.45, 7) is 2.68. The van der Waals surface area contributed by atoms with Crippen LogP contribution in [-0.4, -0.2) is 13.7 Å². The summed E-state index contributed by atoms with van der Waals surface area (Å²) in [6, 6.07) is 5.96. The quantitative estimate of drug-likeness (QED) is 0.840. The third-order valence-electron chi connectivity index (χ3n) is 2.91. The second kappa shape index (κ2) is 6.76. The second-order valence-electron chi connectivity index (χ2n) is 4.16. The molecule has 0 saturated carbocycles. The molecule has 0 amide bonds. The highest BCUT2D eigenvalue weighted by Gasteiger charge is 2.22. The first-order chi connectivity index (χ1) is 9.56. The number of methoxy groups -OCH3 is 1. The molecule has 0 spiro atoms.